The molecule has 0 aliphatic rings. The molecule has 0 radical (unpaired) electrons. The minimum atomic E-state index is -0.450. The highest BCUT2D eigenvalue weighted by atomic mass is 16.5. The third-order valence-corrected chi connectivity index (χ3v) is 0.921. The third-order valence-electron chi connectivity index (χ3n) is 0.921. The van der Waals surface area contributed by atoms with Crippen molar-refractivity contribution < 1.29 is 14.3 Å². The zero-order chi connectivity index (χ0) is 8.69. The van der Waals surface area contributed by atoms with Gasteiger partial charge < -0.3 is 15.8 Å². The molecule has 0 rings (SSSR count). The summed E-state index contributed by atoms with van der Waals surface area (Å²) in [7, 11) is 0. The molecule has 0 saturated carbocycles. The Morgan fingerprint density at radius 1 is 1.55 bits per heavy atom. The Morgan fingerprint density at radius 2 is 2.18 bits per heavy atom. The molecule has 0 bridgehead atoms. The van der Waals surface area contributed by atoms with Gasteiger partial charge in [0.25, 0.3) is 0 Å². The van der Waals surface area contributed by atoms with Crippen molar-refractivity contribution in [3.63, 3.8) is 0 Å². The fraction of sp³-hybridized carbons (Fsp3) is 0.667. The lowest BCUT2D eigenvalue weighted by Gasteiger charge is -2.02. The summed E-state index contributed by atoms with van der Waals surface area (Å²) in [4.78, 5) is 21.1. The highest BCUT2D eigenvalue weighted by Crippen LogP contribution is 1.74. The highest BCUT2D eigenvalue weighted by molar-refractivity contribution is 5.82. The van der Waals surface area contributed by atoms with Crippen molar-refractivity contribution in [1.29, 1.82) is 0 Å². The fourth-order valence-corrected chi connectivity index (χ4v) is 0.455. The minimum Gasteiger partial charge on any atom is -0.465 e. The van der Waals surface area contributed by atoms with Crippen LogP contribution in [0.2, 0.25) is 0 Å². The Bertz CT molecular complexity index is 147. The molecule has 3 N–H and O–H groups in total. The van der Waals surface area contributed by atoms with Gasteiger partial charge in [0.2, 0.25) is 5.91 Å². The summed E-state index contributed by atoms with van der Waals surface area (Å²) >= 11 is 0. The van der Waals surface area contributed by atoms with E-state index in [9.17, 15) is 9.59 Å². The summed E-state index contributed by atoms with van der Waals surface area (Å²) in [6.45, 7) is 1.79. The maximum absolute atomic E-state index is 10.6. The normalized spacial score (nSPS) is 8.91. The number of hydrogen-bond donors (Lipinski definition) is 2. The van der Waals surface area contributed by atoms with Gasteiger partial charge in [0.15, 0.2) is 0 Å². The average molecular weight is 160 g/mol. The van der Waals surface area contributed by atoms with Crippen LogP contribution in [0.5, 0.6) is 0 Å². The second kappa shape index (κ2) is 5.67. The van der Waals surface area contributed by atoms with E-state index in [-0.39, 0.29) is 19.0 Å². The van der Waals surface area contributed by atoms with Gasteiger partial charge in [-0.25, -0.2) is 0 Å². The molecular formula is C6H12N2O3. The lowest BCUT2D eigenvalue weighted by Crippen LogP contribution is -2.35. The van der Waals surface area contributed by atoms with E-state index in [0.29, 0.717) is 6.61 Å². The van der Waals surface area contributed by atoms with Crippen LogP contribution >= 0.6 is 0 Å². The van der Waals surface area contributed by atoms with Crippen LogP contribution in [0.1, 0.15) is 6.92 Å². The van der Waals surface area contributed by atoms with E-state index >= 15 is 0 Å². The average Bonchev–Trinajstić information content (AvgIpc) is 2.01. The minimum absolute atomic E-state index is 0.107. The van der Waals surface area contributed by atoms with Crippen LogP contribution in [0, 0.1) is 0 Å². The molecule has 0 aliphatic heterocycles. The van der Waals surface area contributed by atoms with E-state index in [0.717, 1.165) is 0 Å². The van der Waals surface area contributed by atoms with Gasteiger partial charge in [0.1, 0.15) is 6.54 Å². The van der Waals surface area contributed by atoms with Crippen molar-refractivity contribution in [2.24, 2.45) is 5.73 Å². The summed E-state index contributed by atoms with van der Waals surface area (Å²) in [6.07, 6.45) is 0. The van der Waals surface area contributed by atoms with Gasteiger partial charge in [0.05, 0.1) is 13.2 Å². The molecule has 0 saturated heterocycles. The second-order valence-corrected chi connectivity index (χ2v) is 1.79. The first-order valence-electron chi connectivity index (χ1n) is 3.33. The summed E-state index contributed by atoms with van der Waals surface area (Å²) in [5.41, 5.74) is 4.97. The van der Waals surface area contributed by atoms with Crippen molar-refractivity contribution in [2.75, 3.05) is 19.7 Å². The number of carbonyl (C=O) groups excluding carboxylic acids is 2. The van der Waals surface area contributed by atoms with Crippen LogP contribution in [-0.4, -0.2) is 31.6 Å². The van der Waals surface area contributed by atoms with E-state index < -0.39 is 5.97 Å². The summed E-state index contributed by atoms with van der Waals surface area (Å²) in [5, 5.41) is 2.28. The molecule has 0 spiro atoms. The fourth-order valence-electron chi connectivity index (χ4n) is 0.455. The number of hydrogen-bond acceptors (Lipinski definition) is 4. The van der Waals surface area contributed by atoms with Crippen LogP contribution in [0.15, 0.2) is 0 Å². The second-order valence-electron chi connectivity index (χ2n) is 1.79. The molecule has 11 heavy (non-hydrogen) atoms. The zero-order valence-electron chi connectivity index (χ0n) is 6.42. The number of carbonyl (C=O) groups is 2. The number of amides is 1. The van der Waals surface area contributed by atoms with Crippen molar-refractivity contribution in [3.8, 4) is 0 Å². The molecule has 64 valence electrons. The molecule has 0 aromatic rings. The standard InChI is InChI=1S/C6H12N2O3/c1-2-11-6(10)4-8-5(9)3-7/h2-4,7H2,1H3,(H,8,9). The van der Waals surface area contributed by atoms with E-state index in [1.807, 2.05) is 0 Å². The van der Waals surface area contributed by atoms with Gasteiger partial charge >= 0.3 is 5.97 Å². The van der Waals surface area contributed by atoms with Crippen LogP contribution in [0.4, 0.5) is 0 Å². The number of rotatable bonds is 4. The quantitative estimate of drug-likeness (QED) is 0.497. The topological polar surface area (TPSA) is 81.4 Å². The molecule has 0 fully saturated rings. The Morgan fingerprint density at radius 3 is 2.64 bits per heavy atom. The van der Waals surface area contributed by atoms with Gasteiger partial charge in [-0.2, -0.15) is 0 Å². The molecule has 0 aliphatic carbocycles. The molecule has 5 heteroatoms. The maximum atomic E-state index is 10.6. The van der Waals surface area contributed by atoms with Crippen molar-refractivity contribution in [2.45, 2.75) is 6.92 Å². The van der Waals surface area contributed by atoms with E-state index in [1.165, 1.54) is 0 Å². The molecule has 0 unspecified atom stereocenters. The Balaban J connectivity index is 3.38. The Kier molecular flexibility index (Phi) is 5.10. The van der Waals surface area contributed by atoms with Crippen molar-refractivity contribution in [3.05, 3.63) is 0 Å². The van der Waals surface area contributed by atoms with Gasteiger partial charge in [-0.1, -0.05) is 0 Å². The highest BCUT2D eigenvalue weighted by Gasteiger charge is 2.02. The maximum Gasteiger partial charge on any atom is 0.325 e. The third kappa shape index (κ3) is 5.35. The van der Waals surface area contributed by atoms with Crippen molar-refractivity contribution in [1.82, 2.24) is 5.32 Å². The van der Waals surface area contributed by atoms with Crippen molar-refractivity contribution >= 4 is 11.9 Å². The predicted molar refractivity (Wildman–Crippen MR) is 38.7 cm³/mol. The first-order valence-corrected chi connectivity index (χ1v) is 3.33. The van der Waals surface area contributed by atoms with E-state index in [1.54, 1.807) is 6.92 Å². The van der Waals surface area contributed by atoms with Crippen LogP contribution in [0.25, 0.3) is 0 Å². The largest absolute Gasteiger partial charge is 0.465 e. The van der Waals surface area contributed by atoms with E-state index in [2.05, 4.69) is 10.1 Å². The van der Waals surface area contributed by atoms with Gasteiger partial charge in [-0.15, -0.1) is 0 Å². The molecule has 0 aromatic heterocycles. The molecule has 1 amide bonds. The van der Waals surface area contributed by atoms with Gasteiger partial charge in [-0.05, 0) is 6.92 Å². The lowest BCUT2D eigenvalue weighted by molar-refractivity contribution is -0.143. The molecule has 0 heterocycles. The Hall–Kier alpha value is -1.10. The first-order chi connectivity index (χ1) is 5.20. The van der Waals surface area contributed by atoms with Crippen LogP contribution < -0.4 is 11.1 Å². The molecule has 5 nitrogen and oxygen atoms in total. The first kappa shape index (κ1) is 9.90. The number of esters is 1. The summed E-state index contributed by atoms with van der Waals surface area (Å²) < 4.78 is 4.54. The predicted octanol–water partition coefficient (Wildman–Crippen LogP) is -1.38. The summed E-state index contributed by atoms with van der Waals surface area (Å²) in [5.74, 6) is -0.813. The molecule has 0 aromatic carbocycles. The van der Waals surface area contributed by atoms with Crippen LogP contribution in [-0.2, 0) is 14.3 Å². The number of ether oxygens (including phenoxy) is 1. The molecular weight excluding hydrogens is 148 g/mol. The SMILES string of the molecule is CCOC(=O)CNC(=O)CN. The number of nitrogens with one attached hydrogen (secondary N) is 1. The smallest absolute Gasteiger partial charge is 0.325 e. The monoisotopic (exact) mass is 160 g/mol. The Labute approximate surface area is 64.9 Å². The van der Waals surface area contributed by atoms with Gasteiger partial charge in [-0.3, -0.25) is 9.59 Å². The number of nitrogens with two attached hydrogens (primary N) is 1. The van der Waals surface area contributed by atoms with Gasteiger partial charge in [0, 0.05) is 0 Å². The van der Waals surface area contributed by atoms with E-state index in [4.69, 9.17) is 5.73 Å². The van der Waals surface area contributed by atoms with Crippen LogP contribution in [0.3, 0.4) is 0 Å². The lowest BCUT2D eigenvalue weighted by atomic mass is 10.5. The molecule has 0 atom stereocenters. The zero-order valence-corrected chi connectivity index (χ0v) is 6.42. The summed E-state index contributed by atoms with van der Waals surface area (Å²) in [6, 6.07) is 0.